The summed E-state index contributed by atoms with van der Waals surface area (Å²) in [4.78, 5) is 12.4. The first kappa shape index (κ1) is 14.0. The van der Waals surface area contributed by atoms with Crippen LogP contribution in [0.5, 0.6) is 5.75 Å². The van der Waals surface area contributed by atoms with Gasteiger partial charge in [0.05, 0.1) is 23.2 Å². The van der Waals surface area contributed by atoms with Crippen LogP contribution in [-0.4, -0.2) is 12.5 Å². The predicted molar refractivity (Wildman–Crippen MR) is 83.0 cm³/mol. The van der Waals surface area contributed by atoms with Gasteiger partial charge >= 0.3 is 0 Å². The van der Waals surface area contributed by atoms with Gasteiger partial charge in [0.15, 0.2) is 0 Å². The van der Waals surface area contributed by atoms with Crippen molar-refractivity contribution in [3.63, 3.8) is 0 Å². The molecule has 0 aliphatic carbocycles. The molecule has 0 spiro atoms. The fraction of sp³-hybridized carbons (Fsp3) is 0.235. The molecule has 1 heterocycles. The smallest absolute Gasteiger partial charge is 0.253 e. The predicted octanol–water partition coefficient (Wildman–Crippen LogP) is 3.90. The minimum atomic E-state index is -0.153. The average Bonchev–Trinajstić information content (AvgIpc) is 2.48. The Morgan fingerprint density at radius 1 is 1.29 bits per heavy atom. The number of nitrogens with one attached hydrogen (secondary N) is 1. The van der Waals surface area contributed by atoms with Crippen molar-refractivity contribution in [2.75, 3.05) is 6.61 Å². The molecule has 0 radical (unpaired) electrons. The van der Waals surface area contributed by atoms with Crippen LogP contribution in [0.3, 0.4) is 0 Å². The van der Waals surface area contributed by atoms with Crippen LogP contribution in [0, 0.1) is 6.92 Å². The Labute approximate surface area is 128 Å². The van der Waals surface area contributed by atoms with Crippen molar-refractivity contribution < 1.29 is 9.53 Å². The molecule has 1 atom stereocenters. The topological polar surface area (TPSA) is 38.3 Å². The van der Waals surface area contributed by atoms with Crippen molar-refractivity contribution in [2.24, 2.45) is 0 Å². The van der Waals surface area contributed by atoms with Gasteiger partial charge in [-0.15, -0.1) is 0 Å². The first-order chi connectivity index (χ1) is 10.1. The molecular formula is C17H16ClNO2. The van der Waals surface area contributed by atoms with Crippen LogP contribution in [0.1, 0.15) is 33.9 Å². The summed E-state index contributed by atoms with van der Waals surface area (Å²) in [6.45, 7) is 2.63. The second kappa shape index (κ2) is 5.78. The number of amides is 1. The molecule has 1 unspecified atom stereocenters. The third kappa shape index (κ3) is 2.88. The summed E-state index contributed by atoms with van der Waals surface area (Å²) in [6, 6.07) is 13.1. The molecule has 0 saturated heterocycles. The molecule has 1 aliphatic rings. The fourth-order valence-corrected chi connectivity index (χ4v) is 2.77. The van der Waals surface area contributed by atoms with Crippen LogP contribution in [0.4, 0.5) is 0 Å². The van der Waals surface area contributed by atoms with E-state index in [0.29, 0.717) is 17.2 Å². The van der Waals surface area contributed by atoms with Crippen LogP contribution in [0.25, 0.3) is 0 Å². The summed E-state index contributed by atoms with van der Waals surface area (Å²) >= 11 is 6.08. The van der Waals surface area contributed by atoms with E-state index >= 15 is 0 Å². The van der Waals surface area contributed by atoms with E-state index in [1.54, 1.807) is 12.1 Å². The highest BCUT2D eigenvalue weighted by molar-refractivity contribution is 6.33. The van der Waals surface area contributed by atoms with Crippen molar-refractivity contribution in [2.45, 2.75) is 19.4 Å². The molecular weight excluding hydrogens is 286 g/mol. The second-order valence-electron chi connectivity index (χ2n) is 5.18. The van der Waals surface area contributed by atoms with Gasteiger partial charge in [0.25, 0.3) is 5.91 Å². The molecule has 0 aromatic heterocycles. The van der Waals surface area contributed by atoms with Crippen molar-refractivity contribution in [3.05, 3.63) is 64.2 Å². The zero-order valence-corrected chi connectivity index (χ0v) is 12.5. The lowest BCUT2D eigenvalue weighted by Crippen LogP contribution is -2.32. The molecule has 2 aromatic carbocycles. The Bertz CT molecular complexity index is 684. The number of rotatable bonds is 2. The molecule has 1 N–H and O–H groups in total. The first-order valence-electron chi connectivity index (χ1n) is 6.94. The van der Waals surface area contributed by atoms with E-state index in [9.17, 15) is 4.79 Å². The number of ether oxygens (including phenoxy) is 1. The van der Waals surface area contributed by atoms with Crippen molar-refractivity contribution >= 4 is 17.5 Å². The molecule has 0 bridgehead atoms. The average molecular weight is 302 g/mol. The van der Waals surface area contributed by atoms with Gasteiger partial charge in [0.2, 0.25) is 0 Å². The maximum absolute atomic E-state index is 12.4. The summed E-state index contributed by atoms with van der Waals surface area (Å²) in [5, 5.41) is 3.52. The minimum Gasteiger partial charge on any atom is -0.493 e. The van der Waals surface area contributed by atoms with Gasteiger partial charge in [-0.1, -0.05) is 41.4 Å². The van der Waals surface area contributed by atoms with E-state index in [1.807, 2.05) is 31.2 Å². The Morgan fingerprint density at radius 3 is 2.90 bits per heavy atom. The third-order valence-corrected chi connectivity index (χ3v) is 3.96. The van der Waals surface area contributed by atoms with E-state index in [-0.39, 0.29) is 11.9 Å². The number of halogens is 1. The monoisotopic (exact) mass is 301 g/mol. The van der Waals surface area contributed by atoms with Crippen LogP contribution in [-0.2, 0) is 0 Å². The standard InChI is InChI=1S/C17H16ClNO2/c1-11-6-7-16-13(10-11)15(8-9-21-16)19-17(20)12-4-2-3-5-14(12)18/h2-7,10,15H,8-9H2,1H3,(H,19,20). The Kier molecular flexibility index (Phi) is 3.84. The summed E-state index contributed by atoms with van der Waals surface area (Å²) in [7, 11) is 0. The SMILES string of the molecule is Cc1ccc2c(c1)C(NC(=O)c1ccccc1Cl)CCO2. The molecule has 1 aliphatic heterocycles. The van der Waals surface area contributed by atoms with E-state index in [2.05, 4.69) is 11.4 Å². The van der Waals surface area contributed by atoms with E-state index in [0.717, 1.165) is 23.3 Å². The molecule has 4 heteroatoms. The third-order valence-electron chi connectivity index (χ3n) is 3.63. The molecule has 0 fully saturated rings. The van der Waals surface area contributed by atoms with Gasteiger partial charge < -0.3 is 10.1 Å². The number of benzene rings is 2. The molecule has 2 aromatic rings. The highest BCUT2D eigenvalue weighted by Crippen LogP contribution is 2.33. The maximum Gasteiger partial charge on any atom is 0.253 e. The van der Waals surface area contributed by atoms with Crippen molar-refractivity contribution in [3.8, 4) is 5.75 Å². The number of aryl methyl sites for hydroxylation is 1. The zero-order chi connectivity index (χ0) is 14.8. The molecule has 21 heavy (non-hydrogen) atoms. The number of fused-ring (bicyclic) bond motifs is 1. The first-order valence-corrected chi connectivity index (χ1v) is 7.31. The largest absolute Gasteiger partial charge is 0.493 e. The molecule has 3 nitrogen and oxygen atoms in total. The summed E-state index contributed by atoms with van der Waals surface area (Å²) in [5.41, 5.74) is 2.68. The van der Waals surface area contributed by atoms with Gasteiger partial charge in [-0.25, -0.2) is 0 Å². The Balaban J connectivity index is 1.85. The van der Waals surface area contributed by atoms with Crippen LogP contribution >= 0.6 is 11.6 Å². The van der Waals surface area contributed by atoms with Gasteiger partial charge in [0.1, 0.15) is 5.75 Å². The van der Waals surface area contributed by atoms with Crippen LogP contribution in [0.2, 0.25) is 5.02 Å². The lowest BCUT2D eigenvalue weighted by molar-refractivity contribution is 0.0925. The molecule has 3 rings (SSSR count). The van der Waals surface area contributed by atoms with Gasteiger partial charge in [-0.3, -0.25) is 4.79 Å². The molecule has 108 valence electrons. The quantitative estimate of drug-likeness (QED) is 0.913. The highest BCUT2D eigenvalue weighted by Gasteiger charge is 2.24. The summed E-state index contributed by atoms with van der Waals surface area (Å²) in [6.07, 6.45) is 0.757. The van der Waals surface area contributed by atoms with Gasteiger partial charge in [0, 0.05) is 12.0 Å². The summed E-state index contributed by atoms with van der Waals surface area (Å²) in [5.74, 6) is 0.691. The number of carbonyl (C=O) groups excluding carboxylic acids is 1. The normalized spacial score (nSPS) is 16.8. The van der Waals surface area contributed by atoms with Gasteiger partial charge in [-0.2, -0.15) is 0 Å². The number of carbonyl (C=O) groups is 1. The van der Waals surface area contributed by atoms with E-state index < -0.39 is 0 Å². The van der Waals surface area contributed by atoms with Crippen molar-refractivity contribution in [1.29, 1.82) is 0 Å². The highest BCUT2D eigenvalue weighted by atomic mass is 35.5. The Morgan fingerprint density at radius 2 is 2.10 bits per heavy atom. The van der Waals surface area contributed by atoms with E-state index in [4.69, 9.17) is 16.3 Å². The number of hydrogen-bond donors (Lipinski definition) is 1. The molecule has 0 saturated carbocycles. The number of hydrogen-bond acceptors (Lipinski definition) is 2. The second-order valence-corrected chi connectivity index (χ2v) is 5.59. The van der Waals surface area contributed by atoms with Crippen LogP contribution < -0.4 is 10.1 Å². The maximum atomic E-state index is 12.4. The van der Waals surface area contributed by atoms with E-state index in [1.165, 1.54) is 0 Å². The fourth-order valence-electron chi connectivity index (χ4n) is 2.55. The summed E-state index contributed by atoms with van der Waals surface area (Å²) < 4.78 is 5.64. The van der Waals surface area contributed by atoms with Gasteiger partial charge in [-0.05, 0) is 25.1 Å². The van der Waals surface area contributed by atoms with Crippen molar-refractivity contribution in [1.82, 2.24) is 5.32 Å². The van der Waals surface area contributed by atoms with Crippen LogP contribution in [0.15, 0.2) is 42.5 Å². The minimum absolute atomic E-state index is 0.0441. The lowest BCUT2D eigenvalue weighted by atomic mass is 9.98. The lowest BCUT2D eigenvalue weighted by Gasteiger charge is -2.27. The Hall–Kier alpha value is -2.00. The molecule has 1 amide bonds. The zero-order valence-electron chi connectivity index (χ0n) is 11.7.